The minimum atomic E-state index is 0.205. The van der Waals surface area contributed by atoms with Gasteiger partial charge in [0.1, 0.15) is 5.37 Å². The van der Waals surface area contributed by atoms with Crippen LogP contribution in [0, 0.1) is 5.92 Å². The number of nitrogens with zero attached hydrogens (tertiary/aromatic N) is 2. The molecule has 1 amide bonds. The molecule has 0 N–H and O–H groups in total. The molecule has 2 rings (SSSR count). The maximum Gasteiger partial charge on any atom is 0.226 e. The summed E-state index contributed by atoms with van der Waals surface area (Å²) in [5.74, 6) is 1.61. The Morgan fingerprint density at radius 2 is 2.30 bits per heavy atom. The van der Waals surface area contributed by atoms with E-state index in [2.05, 4.69) is 48.7 Å². The van der Waals surface area contributed by atoms with Crippen molar-refractivity contribution >= 4 is 17.7 Å². The average Bonchev–Trinajstić information content (AvgIpc) is 3.07. The molecule has 2 heterocycles. The molecular weight excluding hydrogens is 268 g/mol. The lowest BCUT2D eigenvalue weighted by atomic mass is 9.97. The molecule has 1 aliphatic heterocycles. The van der Waals surface area contributed by atoms with Crippen molar-refractivity contribution < 1.29 is 4.79 Å². The number of hydrogen-bond acceptors (Lipinski definition) is 2. The van der Waals surface area contributed by atoms with Gasteiger partial charge >= 0.3 is 0 Å². The second kappa shape index (κ2) is 7.21. The number of unbranched alkanes of at least 4 members (excludes halogenated alkanes) is 1. The van der Waals surface area contributed by atoms with Crippen LogP contribution in [0.2, 0.25) is 0 Å². The number of aromatic nitrogens is 1. The standard InChI is InChI=1S/C16H26N2OS/c1-4-6-8-13(5-2)15(19)18-11-12-20-16(18)14-9-7-10-17(14)3/h7,9-10,13,16H,4-6,8,11-12H2,1-3H3. The molecule has 0 bridgehead atoms. The maximum atomic E-state index is 12.8. The Balaban J connectivity index is 2.10. The Labute approximate surface area is 126 Å². The van der Waals surface area contributed by atoms with Gasteiger partial charge in [-0.2, -0.15) is 0 Å². The third kappa shape index (κ3) is 3.22. The molecule has 1 aromatic rings. The van der Waals surface area contributed by atoms with E-state index in [4.69, 9.17) is 0 Å². The van der Waals surface area contributed by atoms with Crippen LogP contribution in [0.4, 0.5) is 0 Å². The van der Waals surface area contributed by atoms with Gasteiger partial charge < -0.3 is 9.47 Å². The van der Waals surface area contributed by atoms with E-state index < -0.39 is 0 Å². The van der Waals surface area contributed by atoms with Gasteiger partial charge in [-0.05, 0) is 25.0 Å². The number of carbonyl (C=O) groups is 1. The fourth-order valence-corrected chi connectivity index (χ4v) is 4.19. The van der Waals surface area contributed by atoms with Gasteiger partial charge in [-0.1, -0.05) is 26.7 Å². The molecule has 1 aromatic heterocycles. The molecular formula is C16H26N2OS. The van der Waals surface area contributed by atoms with Crippen molar-refractivity contribution in [2.75, 3.05) is 12.3 Å². The van der Waals surface area contributed by atoms with E-state index in [9.17, 15) is 4.79 Å². The van der Waals surface area contributed by atoms with Crippen LogP contribution in [-0.4, -0.2) is 27.7 Å². The van der Waals surface area contributed by atoms with E-state index >= 15 is 0 Å². The maximum absolute atomic E-state index is 12.8. The van der Waals surface area contributed by atoms with Crippen LogP contribution in [0.1, 0.15) is 50.6 Å². The summed E-state index contributed by atoms with van der Waals surface area (Å²) in [7, 11) is 2.06. The topological polar surface area (TPSA) is 25.2 Å². The minimum Gasteiger partial charge on any atom is -0.352 e. The summed E-state index contributed by atoms with van der Waals surface area (Å²) < 4.78 is 2.14. The van der Waals surface area contributed by atoms with E-state index in [0.29, 0.717) is 5.91 Å². The summed E-state index contributed by atoms with van der Waals surface area (Å²) in [6, 6.07) is 4.20. The fraction of sp³-hybridized carbons (Fsp3) is 0.688. The summed E-state index contributed by atoms with van der Waals surface area (Å²) >= 11 is 1.89. The van der Waals surface area contributed by atoms with Crippen molar-refractivity contribution in [1.29, 1.82) is 0 Å². The number of amides is 1. The molecule has 0 aromatic carbocycles. The Morgan fingerprint density at radius 1 is 1.50 bits per heavy atom. The lowest BCUT2D eigenvalue weighted by Gasteiger charge is -2.28. The number of hydrogen-bond donors (Lipinski definition) is 0. The van der Waals surface area contributed by atoms with Gasteiger partial charge in [0.2, 0.25) is 5.91 Å². The average molecular weight is 294 g/mol. The summed E-state index contributed by atoms with van der Waals surface area (Å²) in [4.78, 5) is 14.9. The van der Waals surface area contributed by atoms with Crippen LogP contribution in [-0.2, 0) is 11.8 Å². The van der Waals surface area contributed by atoms with Gasteiger partial charge in [-0.15, -0.1) is 11.8 Å². The first kappa shape index (κ1) is 15.5. The largest absolute Gasteiger partial charge is 0.352 e. The Bertz CT molecular complexity index is 443. The number of rotatable bonds is 6. The van der Waals surface area contributed by atoms with Crippen molar-refractivity contribution in [3.05, 3.63) is 24.0 Å². The first-order chi connectivity index (χ1) is 9.69. The summed E-state index contributed by atoms with van der Waals surface area (Å²) in [5.41, 5.74) is 1.24. The van der Waals surface area contributed by atoms with Gasteiger partial charge in [0.15, 0.2) is 0 Å². The van der Waals surface area contributed by atoms with Crippen molar-refractivity contribution in [3.63, 3.8) is 0 Å². The van der Waals surface area contributed by atoms with Crippen LogP contribution in [0.3, 0.4) is 0 Å². The van der Waals surface area contributed by atoms with Crippen molar-refractivity contribution in [2.24, 2.45) is 13.0 Å². The van der Waals surface area contributed by atoms with Gasteiger partial charge in [0.25, 0.3) is 0 Å². The van der Waals surface area contributed by atoms with Gasteiger partial charge in [0.05, 0.1) is 5.69 Å². The fourth-order valence-electron chi connectivity index (χ4n) is 2.86. The highest BCUT2D eigenvalue weighted by Crippen LogP contribution is 2.39. The first-order valence-corrected chi connectivity index (χ1v) is 8.77. The van der Waals surface area contributed by atoms with Crippen molar-refractivity contribution in [3.8, 4) is 0 Å². The molecule has 0 spiro atoms. The Hall–Kier alpha value is -0.900. The molecule has 112 valence electrons. The SMILES string of the molecule is CCCCC(CC)C(=O)N1CCSC1c1cccn1C. The predicted octanol–water partition coefficient (Wildman–Crippen LogP) is 3.82. The van der Waals surface area contributed by atoms with E-state index in [1.807, 2.05) is 11.8 Å². The Morgan fingerprint density at radius 3 is 2.90 bits per heavy atom. The summed E-state index contributed by atoms with van der Waals surface area (Å²) in [6.07, 6.45) is 6.37. The van der Waals surface area contributed by atoms with Crippen LogP contribution in [0.25, 0.3) is 0 Å². The molecule has 2 atom stereocenters. The smallest absolute Gasteiger partial charge is 0.226 e. The highest BCUT2D eigenvalue weighted by Gasteiger charge is 2.34. The molecule has 1 fully saturated rings. The second-order valence-electron chi connectivity index (χ2n) is 5.55. The zero-order valence-electron chi connectivity index (χ0n) is 12.8. The van der Waals surface area contributed by atoms with Gasteiger partial charge in [-0.25, -0.2) is 0 Å². The zero-order chi connectivity index (χ0) is 14.5. The third-order valence-corrected chi connectivity index (χ3v) is 5.39. The van der Waals surface area contributed by atoms with Crippen LogP contribution in [0.15, 0.2) is 18.3 Å². The molecule has 0 aliphatic carbocycles. The molecule has 20 heavy (non-hydrogen) atoms. The molecule has 0 saturated carbocycles. The quantitative estimate of drug-likeness (QED) is 0.797. The molecule has 4 heteroatoms. The number of carbonyl (C=O) groups excluding carboxylic acids is 1. The summed E-state index contributed by atoms with van der Waals surface area (Å²) in [5, 5.41) is 0.207. The monoisotopic (exact) mass is 294 g/mol. The second-order valence-corrected chi connectivity index (χ2v) is 6.73. The van der Waals surface area contributed by atoms with E-state index in [0.717, 1.165) is 31.6 Å². The van der Waals surface area contributed by atoms with Gasteiger partial charge in [0, 0.05) is 31.5 Å². The number of thioether (sulfide) groups is 1. The van der Waals surface area contributed by atoms with Crippen LogP contribution < -0.4 is 0 Å². The van der Waals surface area contributed by atoms with E-state index in [-0.39, 0.29) is 11.3 Å². The molecule has 0 radical (unpaired) electrons. The highest BCUT2D eigenvalue weighted by atomic mass is 32.2. The zero-order valence-corrected chi connectivity index (χ0v) is 13.7. The lowest BCUT2D eigenvalue weighted by Crippen LogP contribution is -2.36. The molecule has 1 saturated heterocycles. The van der Waals surface area contributed by atoms with E-state index in [1.54, 1.807) is 0 Å². The van der Waals surface area contributed by atoms with Crippen molar-refractivity contribution in [2.45, 2.75) is 44.9 Å². The normalized spacial score (nSPS) is 20.4. The summed E-state index contributed by atoms with van der Waals surface area (Å²) in [6.45, 7) is 5.22. The number of aryl methyl sites for hydroxylation is 1. The predicted molar refractivity (Wildman–Crippen MR) is 85.6 cm³/mol. The van der Waals surface area contributed by atoms with E-state index in [1.165, 1.54) is 12.1 Å². The van der Waals surface area contributed by atoms with Crippen LogP contribution >= 0.6 is 11.8 Å². The lowest BCUT2D eigenvalue weighted by molar-refractivity contribution is -0.136. The third-order valence-electron chi connectivity index (χ3n) is 4.16. The van der Waals surface area contributed by atoms with Crippen molar-refractivity contribution in [1.82, 2.24) is 9.47 Å². The molecule has 2 unspecified atom stereocenters. The molecule has 3 nitrogen and oxygen atoms in total. The highest BCUT2D eigenvalue weighted by molar-refractivity contribution is 7.99. The Kier molecular flexibility index (Phi) is 5.58. The minimum absolute atomic E-state index is 0.205. The van der Waals surface area contributed by atoms with Crippen LogP contribution in [0.5, 0.6) is 0 Å². The first-order valence-electron chi connectivity index (χ1n) is 7.72. The molecule has 1 aliphatic rings. The van der Waals surface area contributed by atoms with Gasteiger partial charge in [-0.3, -0.25) is 4.79 Å².